The molecule has 0 spiro atoms. The highest BCUT2D eigenvalue weighted by molar-refractivity contribution is 7.00. The van der Waals surface area contributed by atoms with Crippen LogP contribution in [0, 0.1) is 6.92 Å². The van der Waals surface area contributed by atoms with E-state index in [-0.39, 0.29) is 50.0 Å². The van der Waals surface area contributed by atoms with Gasteiger partial charge in [-0.3, -0.25) is 0 Å². The van der Waals surface area contributed by atoms with E-state index in [1.54, 1.807) is 0 Å². The highest BCUT2D eigenvalue weighted by atomic mass is 15.2. The van der Waals surface area contributed by atoms with Crippen molar-refractivity contribution in [3.63, 3.8) is 0 Å². The molecule has 0 unspecified atom stereocenters. The maximum atomic E-state index is 2.74. The fourth-order valence-corrected chi connectivity index (χ4v) is 13.6. The van der Waals surface area contributed by atoms with Gasteiger partial charge in [0.15, 0.2) is 0 Å². The second kappa shape index (κ2) is 13.5. The molecule has 0 aromatic heterocycles. The van der Waals surface area contributed by atoms with E-state index in [1.807, 2.05) is 0 Å². The third kappa shape index (κ3) is 6.60. The van der Waals surface area contributed by atoms with Crippen molar-refractivity contribution < 1.29 is 0 Å². The molecule has 0 atom stereocenters. The zero-order valence-corrected chi connectivity index (χ0v) is 43.9. The van der Waals surface area contributed by atoms with Gasteiger partial charge in [-0.25, -0.2) is 0 Å². The van der Waals surface area contributed by atoms with Crippen molar-refractivity contribution in [3.8, 4) is 0 Å². The van der Waals surface area contributed by atoms with Crippen LogP contribution < -0.4 is 26.2 Å². The molecule has 2 aliphatic heterocycles. The van der Waals surface area contributed by atoms with Gasteiger partial charge in [-0.1, -0.05) is 155 Å². The van der Waals surface area contributed by atoms with Gasteiger partial charge in [0.25, 0.3) is 6.71 Å². The zero-order valence-electron chi connectivity index (χ0n) is 43.9. The third-order valence-electron chi connectivity index (χ3n) is 17.8. The van der Waals surface area contributed by atoms with E-state index in [0.717, 1.165) is 6.42 Å². The Morgan fingerprint density at radius 1 is 0.400 bits per heavy atom. The van der Waals surface area contributed by atoms with Crippen molar-refractivity contribution in [1.82, 2.24) is 0 Å². The van der Waals surface area contributed by atoms with Gasteiger partial charge < -0.3 is 9.80 Å². The Kier molecular flexibility index (Phi) is 9.24. The van der Waals surface area contributed by atoms with Crippen LogP contribution in [-0.2, 0) is 43.3 Å². The number of hydrogen-bond acceptors (Lipinski definition) is 2. The predicted octanol–water partition coefficient (Wildman–Crippen LogP) is 15.3. The summed E-state index contributed by atoms with van der Waals surface area (Å²) >= 11 is 0. The summed E-state index contributed by atoms with van der Waals surface area (Å²) < 4.78 is 0. The monoisotopic (exact) mass is 863 g/mol. The van der Waals surface area contributed by atoms with Crippen molar-refractivity contribution in [3.05, 3.63) is 123 Å². The van der Waals surface area contributed by atoms with Crippen molar-refractivity contribution in [2.24, 2.45) is 0 Å². The number of anilines is 6. The lowest BCUT2D eigenvalue weighted by atomic mass is 9.33. The van der Waals surface area contributed by atoms with Gasteiger partial charge in [0.2, 0.25) is 0 Å². The average molecular weight is 863 g/mol. The molecule has 65 heavy (non-hydrogen) atoms. The van der Waals surface area contributed by atoms with Crippen molar-refractivity contribution in [1.29, 1.82) is 0 Å². The third-order valence-corrected chi connectivity index (χ3v) is 17.8. The van der Waals surface area contributed by atoms with Crippen molar-refractivity contribution >= 4 is 57.2 Å². The standard InChI is InChI=1S/C62H79BN2/c1-37-28-42-46(62(18,19)36-61(42,16)17)34-49(37)65-50-29-38(55(2,3)4)20-23-47(50)63-48-33-44-45(60(14,15)27-26-59(44,12)13)35-51(48)64(52-30-39(56(5,6)7)31-53(65)54(52)63)40-21-22-41-43(32-40)58(10,11)25-24-57(41,8)9/h20-23,28-35H,24-27,36H2,1-19H3. The first-order valence-corrected chi connectivity index (χ1v) is 25.3. The molecule has 0 saturated carbocycles. The number of benzene rings is 5. The molecule has 3 heteroatoms. The summed E-state index contributed by atoms with van der Waals surface area (Å²) in [4.78, 5) is 5.48. The zero-order chi connectivity index (χ0) is 47.1. The molecule has 340 valence electrons. The molecule has 2 heterocycles. The van der Waals surface area contributed by atoms with Gasteiger partial charge >= 0.3 is 0 Å². The molecule has 0 radical (unpaired) electrons. The number of nitrogens with zero attached hydrogens (tertiary/aromatic N) is 2. The first kappa shape index (κ1) is 44.6. The molecule has 0 fully saturated rings. The Morgan fingerprint density at radius 2 is 0.846 bits per heavy atom. The quantitative estimate of drug-likeness (QED) is 0.160. The summed E-state index contributed by atoms with van der Waals surface area (Å²) in [5.41, 5.74) is 25.9. The van der Waals surface area contributed by atoms with E-state index in [2.05, 4.69) is 214 Å². The molecule has 5 aromatic rings. The van der Waals surface area contributed by atoms with E-state index in [1.165, 1.54) is 126 Å². The van der Waals surface area contributed by atoms with Crippen molar-refractivity contribution in [2.45, 2.75) is 207 Å². The first-order chi connectivity index (χ1) is 29.8. The molecule has 0 saturated heterocycles. The summed E-state index contributed by atoms with van der Waals surface area (Å²) in [6, 6.07) is 30.9. The van der Waals surface area contributed by atoms with Crippen LogP contribution >= 0.6 is 0 Å². The molecule has 10 rings (SSSR count). The molecular weight excluding hydrogens is 784 g/mol. The van der Waals surface area contributed by atoms with Crippen LogP contribution in [-0.4, -0.2) is 6.71 Å². The Bertz CT molecular complexity index is 2840. The lowest BCUT2D eigenvalue weighted by Gasteiger charge is -2.48. The highest BCUT2D eigenvalue weighted by Gasteiger charge is 2.49. The molecule has 2 nitrogen and oxygen atoms in total. The topological polar surface area (TPSA) is 6.48 Å². The van der Waals surface area contributed by atoms with Gasteiger partial charge in [-0.05, 0) is 191 Å². The van der Waals surface area contributed by atoms with Crippen molar-refractivity contribution in [2.75, 3.05) is 9.80 Å². The van der Waals surface area contributed by atoms with Crippen LogP contribution in [0.5, 0.6) is 0 Å². The lowest BCUT2D eigenvalue weighted by Crippen LogP contribution is -2.62. The minimum atomic E-state index is -0.0884. The van der Waals surface area contributed by atoms with Gasteiger partial charge in [-0.2, -0.15) is 0 Å². The largest absolute Gasteiger partial charge is 0.311 e. The number of fused-ring (bicyclic) bond motifs is 7. The van der Waals surface area contributed by atoms with Crippen LogP contribution in [0.2, 0.25) is 0 Å². The van der Waals surface area contributed by atoms with E-state index in [0.29, 0.717) is 0 Å². The minimum Gasteiger partial charge on any atom is -0.311 e. The number of rotatable bonds is 2. The fourth-order valence-electron chi connectivity index (χ4n) is 13.6. The Labute approximate surface area is 395 Å². The molecule has 0 N–H and O–H groups in total. The molecule has 0 bridgehead atoms. The number of hydrogen-bond donors (Lipinski definition) is 0. The van der Waals surface area contributed by atoms with Crippen LogP contribution in [0.1, 0.15) is 207 Å². The summed E-state index contributed by atoms with van der Waals surface area (Å²) in [6.07, 6.45) is 5.93. The predicted molar refractivity (Wildman–Crippen MR) is 284 cm³/mol. The van der Waals surface area contributed by atoms with Gasteiger partial charge in [0.1, 0.15) is 0 Å². The minimum absolute atomic E-state index is 0.0108. The van der Waals surface area contributed by atoms with Crippen LogP contribution in [0.4, 0.5) is 34.1 Å². The summed E-state index contributed by atoms with van der Waals surface area (Å²) in [5.74, 6) is 0. The summed E-state index contributed by atoms with van der Waals surface area (Å²) in [7, 11) is 0. The lowest BCUT2D eigenvalue weighted by molar-refractivity contribution is 0.332. The second-order valence-electron chi connectivity index (χ2n) is 27.7. The number of aryl methyl sites for hydroxylation is 1. The van der Waals surface area contributed by atoms with E-state index in [4.69, 9.17) is 0 Å². The summed E-state index contributed by atoms with van der Waals surface area (Å²) in [5, 5.41) is 0. The van der Waals surface area contributed by atoms with Gasteiger partial charge in [-0.15, -0.1) is 0 Å². The molecule has 5 aliphatic rings. The molecule has 3 aliphatic carbocycles. The highest BCUT2D eigenvalue weighted by Crippen LogP contribution is 2.56. The maximum Gasteiger partial charge on any atom is 0.252 e. The fraction of sp³-hybridized carbons (Fsp3) is 0.516. The van der Waals surface area contributed by atoms with Gasteiger partial charge in [0, 0.05) is 34.1 Å². The molecule has 5 aromatic carbocycles. The maximum absolute atomic E-state index is 2.74. The molecule has 0 amide bonds. The Hall–Kier alpha value is -4.24. The average Bonchev–Trinajstić information content (AvgIpc) is 3.37. The SMILES string of the molecule is Cc1cc2c(cc1N1c3cc(C(C)(C)C)ccc3B3c4cc5c(cc4N(c4ccc6c(c4)C(C)(C)CCC6(C)C)c4cc(C(C)(C)C)cc1c43)C(C)(C)CCC5(C)C)C(C)(C)CC2(C)C. The first-order valence-electron chi connectivity index (χ1n) is 25.3. The van der Waals surface area contributed by atoms with Crippen LogP contribution in [0.15, 0.2) is 72.8 Å². The molecular formula is C62H79BN2. The van der Waals surface area contributed by atoms with Crippen LogP contribution in [0.25, 0.3) is 0 Å². The smallest absolute Gasteiger partial charge is 0.252 e. The normalized spacial score (nSPS) is 21.2. The van der Waals surface area contributed by atoms with E-state index >= 15 is 0 Å². The van der Waals surface area contributed by atoms with Crippen LogP contribution in [0.3, 0.4) is 0 Å². The summed E-state index contributed by atoms with van der Waals surface area (Å²) in [6.45, 7) is 46.5. The second-order valence-corrected chi connectivity index (χ2v) is 27.7. The Morgan fingerprint density at radius 3 is 1.42 bits per heavy atom. The Balaban J connectivity index is 1.36. The van der Waals surface area contributed by atoms with Gasteiger partial charge in [0.05, 0.1) is 0 Å². The van der Waals surface area contributed by atoms with E-state index in [9.17, 15) is 0 Å². The van der Waals surface area contributed by atoms with E-state index < -0.39 is 0 Å².